The third kappa shape index (κ3) is 4.28. The second-order valence-corrected chi connectivity index (χ2v) is 7.71. The number of rotatable bonds is 6. The van der Waals surface area contributed by atoms with E-state index in [1.54, 1.807) is 36.8 Å². The number of aromatic hydroxyl groups is 1. The van der Waals surface area contributed by atoms with Crippen LogP contribution in [-0.2, 0) is 11.3 Å². The fourth-order valence-corrected chi connectivity index (χ4v) is 3.98. The molecule has 2 heterocycles. The van der Waals surface area contributed by atoms with Gasteiger partial charge in [0, 0.05) is 19.3 Å². The first-order valence-electron chi connectivity index (χ1n) is 9.84. The van der Waals surface area contributed by atoms with E-state index in [1.807, 2.05) is 0 Å². The minimum atomic E-state index is -0.407. The molecule has 2 aromatic rings. The maximum atomic E-state index is 13.5. The maximum absolute atomic E-state index is 13.5. The molecule has 1 atom stereocenters. The molecule has 1 aliphatic heterocycles. The van der Waals surface area contributed by atoms with Gasteiger partial charge >= 0.3 is 0 Å². The molecular weight excluding hydrogens is 359 g/mol. The number of nitrogens with zero attached hydrogens (tertiary/aromatic N) is 2. The molecule has 28 heavy (non-hydrogen) atoms. The highest BCUT2D eigenvalue weighted by molar-refractivity contribution is 5.41. The number of benzene rings is 1. The average molecular weight is 388 g/mol. The van der Waals surface area contributed by atoms with Gasteiger partial charge in [-0.25, -0.2) is 4.39 Å². The molecule has 0 amide bonds. The van der Waals surface area contributed by atoms with E-state index in [0.717, 1.165) is 31.5 Å². The van der Waals surface area contributed by atoms with Crippen LogP contribution in [0.3, 0.4) is 0 Å². The van der Waals surface area contributed by atoms with Gasteiger partial charge in [-0.3, -0.25) is 9.69 Å². The molecule has 0 bridgehead atoms. The van der Waals surface area contributed by atoms with Crippen molar-refractivity contribution >= 4 is 0 Å². The number of aromatic nitrogens is 1. The van der Waals surface area contributed by atoms with Gasteiger partial charge < -0.3 is 14.4 Å². The molecule has 1 aromatic carbocycles. The van der Waals surface area contributed by atoms with Crippen LogP contribution in [0.4, 0.5) is 4.39 Å². The van der Waals surface area contributed by atoms with Crippen LogP contribution in [0.25, 0.3) is 0 Å². The number of ether oxygens (including phenoxy) is 1. The Hall–Kier alpha value is -2.18. The monoisotopic (exact) mass is 388 g/mol. The Morgan fingerprint density at radius 1 is 1.25 bits per heavy atom. The molecule has 3 rings (SSSR count). The number of aryl methyl sites for hydroxylation is 1. The molecule has 0 spiro atoms. The van der Waals surface area contributed by atoms with E-state index in [0.29, 0.717) is 30.3 Å². The van der Waals surface area contributed by atoms with Crippen molar-refractivity contribution in [3.8, 4) is 5.75 Å². The molecule has 1 aromatic heterocycles. The minimum absolute atomic E-state index is 0.0101. The lowest BCUT2D eigenvalue weighted by atomic mass is 9.92. The number of hydrogen-bond donors (Lipinski definition) is 1. The fraction of sp³-hybridized carbons (Fsp3) is 0.500. The molecule has 0 aliphatic carbocycles. The topological polar surface area (TPSA) is 54.7 Å². The number of piperidine rings is 1. The summed E-state index contributed by atoms with van der Waals surface area (Å²) in [6.07, 6.45) is 2.06. The van der Waals surface area contributed by atoms with E-state index in [-0.39, 0.29) is 17.1 Å². The van der Waals surface area contributed by atoms with Crippen LogP contribution in [-0.4, -0.2) is 41.4 Å². The van der Waals surface area contributed by atoms with Crippen molar-refractivity contribution < 1.29 is 14.2 Å². The van der Waals surface area contributed by atoms with E-state index >= 15 is 0 Å². The van der Waals surface area contributed by atoms with Crippen molar-refractivity contribution in [2.45, 2.75) is 39.3 Å². The molecular formula is C22H29FN2O3. The summed E-state index contributed by atoms with van der Waals surface area (Å²) in [4.78, 5) is 15.6. The second-order valence-electron chi connectivity index (χ2n) is 7.71. The Morgan fingerprint density at radius 2 is 1.89 bits per heavy atom. The molecule has 1 unspecified atom stereocenters. The molecule has 6 heteroatoms. The van der Waals surface area contributed by atoms with Crippen molar-refractivity contribution in [2.24, 2.45) is 5.92 Å². The van der Waals surface area contributed by atoms with Gasteiger partial charge in [0.25, 0.3) is 5.56 Å². The van der Waals surface area contributed by atoms with Gasteiger partial charge in [-0.2, -0.15) is 0 Å². The number of likely N-dealkylation sites (tertiary alicyclic amines) is 1. The number of hydrogen-bond acceptors (Lipinski definition) is 4. The van der Waals surface area contributed by atoms with Crippen LogP contribution in [0, 0.1) is 18.7 Å². The van der Waals surface area contributed by atoms with Gasteiger partial charge in [-0.1, -0.05) is 19.1 Å². The molecule has 5 nitrogen and oxygen atoms in total. The van der Waals surface area contributed by atoms with E-state index in [1.165, 1.54) is 12.1 Å². The normalized spacial score (nSPS) is 17.0. The molecule has 152 valence electrons. The van der Waals surface area contributed by atoms with E-state index in [9.17, 15) is 14.3 Å². The Balaban J connectivity index is 2.12. The Kier molecular flexibility index (Phi) is 6.52. The molecule has 1 fully saturated rings. The Labute approximate surface area is 165 Å². The summed E-state index contributed by atoms with van der Waals surface area (Å²) in [5.41, 5.74) is 1.63. The predicted molar refractivity (Wildman–Crippen MR) is 107 cm³/mol. The summed E-state index contributed by atoms with van der Waals surface area (Å²) in [6, 6.07) is 7.45. The standard InChI is InChI=1S/C22H29FN2O3/c1-15-8-10-24(11-9-15)21(17-4-6-18(23)7-5-17)20-19(26)14-16(2)25(22(20)27)12-13-28-3/h4-7,14-15,21,26H,8-13H2,1-3H3. The first-order chi connectivity index (χ1) is 13.4. The zero-order valence-corrected chi connectivity index (χ0v) is 16.8. The fourth-order valence-electron chi connectivity index (χ4n) is 3.98. The smallest absolute Gasteiger partial charge is 0.259 e. The summed E-state index contributed by atoms with van der Waals surface area (Å²) in [6.45, 7) is 6.51. The molecule has 0 radical (unpaired) electrons. The minimum Gasteiger partial charge on any atom is -0.507 e. The van der Waals surface area contributed by atoms with Gasteiger partial charge in [0.15, 0.2) is 0 Å². The van der Waals surface area contributed by atoms with E-state index < -0.39 is 6.04 Å². The lowest BCUT2D eigenvalue weighted by molar-refractivity contribution is 0.154. The zero-order valence-electron chi connectivity index (χ0n) is 16.8. The molecule has 1 aliphatic rings. The van der Waals surface area contributed by atoms with Crippen LogP contribution in [0.1, 0.15) is 42.6 Å². The lowest BCUT2D eigenvalue weighted by Crippen LogP contribution is -2.40. The van der Waals surface area contributed by atoms with Crippen LogP contribution >= 0.6 is 0 Å². The first-order valence-corrected chi connectivity index (χ1v) is 9.84. The Bertz CT molecular complexity index is 855. The number of halogens is 1. The second kappa shape index (κ2) is 8.88. The third-order valence-corrected chi connectivity index (χ3v) is 5.68. The molecule has 1 N–H and O–H groups in total. The summed E-state index contributed by atoms with van der Waals surface area (Å²) < 4.78 is 20.3. The van der Waals surface area contributed by atoms with Crippen molar-refractivity contribution in [3.05, 3.63) is 63.3 Å². The van der Waals surface area contributed by atoms with E-state index in [2.05, 4.69) is 11.8 Å². The van der Waals surface area contributed by atoms with Crippen LogP contribution in [0.5, 0.6) is 5.75 Å². The predicted octanol–water partition coefficient (Wildman–Crippen LogP) is 3.47. The van der Waals surface area contributed by atoms with Crippen LogP contribution in [0.15, 0.2) is 35.1 Å². The average Bonchev–Trinajstić information content (AvgIpc) is 2.67. The Morgan fingerprint density at radius 3 is 2.50 bits per heavy atom. The third-order valence-electron chi connectivity index (χ3n) is 5.68. The van der Waals surface area contributed by atoms with Gasteiger partial charge in [-0.15, -0.1) is 0 Å². The van der Waals surface area contributed by atoms with Crippen molar-refractivity contribution in [3.63, 3.8) is 0 Å². The lowest BCUT2D eigenvalue weighted by Gasteiger charge is -2.37. The van der Waals surface area contributed by atoms with Gasteiger partial charge in [0.1, 0.15) is 11.6 Å². The number of methoxy groups -OCH3 is 1. The van der Waals surface area contributed by atoms with Crippen molar-refractivity contribution in [2.75, 3.05) is 26.8 Å². The highest BCUT2D eigenvalue weighted by atomic mass is 19.1. The van der Waals surface area contributed by atoms with E-state index in [4.69, 9.17) is 4.74 Å². The quantitative estimate of drug-likeness (QED) is 0.823. The summed E-state index contributed by atoms with van der Waals surface area (Å²) in [5.74, 6) is 0.305. The van der Waals surface area contributed by atoms with Crippen LogP contribution in [0.2, 0.25) is 0 Å². The highest BCUT2D eigenvalue weighted by Crippen LogP contribution is 2.35. The summed E-state index contributed by atoms with van der Waals surface area (Å²) in [5, 5.41) is 10.7. The summed E-state index contributed by atoms with van der Waals surface area (Å²) >= 11 is 0. The van der Waals surface area contributed by atoms with Crippen molar-refractivity contribution in [1.82, 2.24) is 9.47 Å². The highest BCUT2D eigenvalue weighted by Gasteiger charge is 2.31. The molecule has 1 saturated heterocycles. The largest absolute Gasteiger partial charge is 0.507 e. The maximum Gasteiger partial charge on any atom is 0.259 e. The van der Waals surface area contributed by atoms with Crippen LogP contribution < -0.4 is 5.56 Å². The van der Waals surface area contributed by atoms with Gasteiger partial charge in [-0.05, 0) is 62.5 Å². The summed E-state index contributed by atoms with van der Waals surface area (Å²) in [7, 11) is 1.60. The van der Waals surface area contributed by atoms with Gasteiger partial charge in [0.2, 0.25) is 0 Å². The van der Waals surface area contributed by atoms with Gasteiger partial charge in [0.05, 0.1) is 18.2 Å². The number of pyridine rings is 1. The SMILES string of the molecule is COCCn1c(C)cc(O)c(C(c2ccc(F)cc2)N2CCC(C)CC2)c1=O. The zero-order chi connectivity index (χ0) is 20.3. The van der Waals surface area contributed by atoms with Crippen molar-refractivity contribution in [1.29, 1.82) is 0 Å². The first kappa shape index (κ1) is 20.6. The molecule has 0 saturated carbocycles.